The molecule has 0 bridgehead atoms. The number of thioether (sulfide) groups is 1. The molecule has 0 saturated heterocycles. The zero-order valence-electron chi connectivity index (χ0n) is 8.03. The first-order valence-corrected chi connectivity index (χ1v) is 5.37. The van der Waals surface area contributed by atoms with Gasteiger partial charge in [0.25, 0.3) is 0 Å². The highest BCUT2D eigenvalue weighted by Crippen LogP contribution is 2.18. The van der Waals surface area contributed by atoms with Crippen LogP contribution in [0, 0.1) is 18.3 Å². The van der Waals surface area contributed by atoms with Crippen LogP contribution in [0.4, 0.5) is 0 Å². The molecule has 1 rings (SSSR count). The van der Waals surface area contributed by atoms with Crippen LogP contribution in [-0.2, 0) is 0 Å². The van der Waals surface area contributed by atoms with Crippen LogP contribution in [0.5, 0.6) is 0 Å². The van der Waals surface area contributed by atoms with Crippen LogP contribution >= 0.6 is 11.8 Å². The first-order valence-electron chi connectivity index (χ1n) is 4.38. The van der Waals surface area contributed by atoms with E-state index < -0.39 is 0 Å². The summed E-state index contributed by atoms with van der Waals surface area (Å²) in [6.45, 7) is 2.07. The number of rotatable bonds is 4. The Balaban J connectivity index is 2.68. The van der Waals surface area contributed by atoms with E-state index >= 15 is 0 Å². The third-order valence-electron chi connectivity index (χ3n) is 1.61. The van der Waals surface area contributed by atoms with Crippen LogP contribution in [0.1, 0.15) is 17.7 Å². The molecule has 0 aromatic carbocycles. The largest absolute Gasteiger partial charge is 0.396 e. The van der Waals surface area contributed by atoms with Crippen molar-refractivity contribution in [2.45, 2.75) is 18.4 Å². The lowest BCUT2D eigenvalue weighted by Crippen LogP contribution is -1.90. The quantitative estimate of drug-likeness (QED) is 0.605. The zero-order chi connectivity index (χ0) is 10.4. The summed E-state index contributed by atoms with van der Waals surface area (Å²) in [4.78, 5) is 4.28. The van der Waals surface area contributed by atoms with Gasteiger partial charge in [-0.15, -0.1) is 11.8 Å². The summed E-state index contributed by atoms with van der Waals surface area (Å²) in [7, 11) is 0. The van der Waals surface area contributed by atoms with Crippen LogP contribution < -0.4 is 0 Å². The molecule has 1 N–H and O–H groups in total. The number of aryl methyl sites for hydroxylation is 1. The summed E-state index contributed by atoms with van der Waals surface area (Å²) in [5, 5.41) is 18.2. The summed E-state index contributed by atoms with van der Waals surface area (Å²) in [6.07, 6.45) is 0.752. The maximum atomic E-state index is 8.73. The topological polar surface area (TPSA) is 56.9 Å². The fraction of sp³-hybridized carbons (Fsp3) is 0.400. The van der Waals surface area contributed by atoms with E-state index in [1.54, 1.807) is 23.9 Å². The van der Waals surface area contributed by atoms with Crippen LogP contribution in [0.2, 0.25) is 0 Å². The van der Waals surface area contributed by atoms with Gasteiger partial charge in [-0.1, -0.05) is 0 Å². The van der Waals surface area contributed by atoms with Crippen molar-refractivity contribution in [1.29, 1.82) is 5.26 Å². The van der Waals surface area contributed by atoms with E-state index in [0.717, 1.165) is 22.9 Å². The van der Waals surface area contributed by atoms with Gasteiger partial charge in [0.15, 0.2) is 0 Å². The number of hydrogen-bond acceptors (Lipinski definition) is 4. The molecule has 0 amide bonds. The number of pyridine rings is 1. The van der Waals surface area contributed by atoms with E-state index in [-0.39, 0.29) is 6.61 Å². The molecule has 0 unspecified atom stereocenters. The van der Waals surface area contributed by atoms with Gasteiger partial charge >= 0.3 is 0 Å². The predicted molar refractivity (Wildman–Crippen MR) is 56.1 cm³/mol. The first kappa shape index (κ1) is 11.0. The normalized spacial score (nSPS) is 9.79. The highest BCUT2D eigenvalue weighted by atomic mass is 32.2. The lowest BCUT2D eigenvalue weighted by Gasteiger charge is -2.01. The number of nitriles is 1. The second kappa shape index (κ2) is 5.63. The Bertz CT molecular complexity index is 346. The van der Waals surface area contributed by atoms with E-state index in [4.69, 9.17) is 10.4 Å². The molecule has 1 aromatic heterocycles. The molecule has 0 fully saturated rings. The first-order chi connectivity index (χ1) is 6.76. The molecule has 1 heterocycles. The fourth-order valence-corrected chi connectivity index (χ4v) is 1.92. The van der Waals surface area contributed by atoms with Gasteiger partial charge in [-0.3, -0.25) is 0 Å². The summed E-state index contributed by atoms with van der Waals surface area (Å²) < 4.78 is 0. The molecule has 0 spiro atoms. The molecule has 0 aliphatic rings. The lowest BCUT2D eigenvalue weighted by molar-refractivity contribution is 0.296. The van der Waals surface area contributed by atoms with Gasteiger partial charge in [0.2, 0.25) is 0 Å². The average molecular weight is 208 g/mol. The van der Waals surface area contributed by atoms with Gasteiger partial charge in [0.05, 0.1) is 16.7 Å². The van der Waals surface area contributed by atoms with Crippen molar-refractivity contribution in [3.63, 3.8) is 0 Å². The molecular weight excluding hydrogens is 196 g/mol. The van der Waals surface area contributed by atoms with E-state index in [1.165, 1.54) is 0 Å². The molecule has 0 atom stereocenters. The minimum atomic E-state index is 0.198. The SMILES string of the molecule is Cc1cc(C#N)cc(SCCCO)n1. The van der Waals surface area contributed by atoms with Crippen LogP contribution in [0.3, 0.4) is 0 Å². The Labute approximate surface area is 87.8 Å². The third-order valence-corrected chi connectivity index (χ3v) is 2.61. The lowest BCUT2D eigenvalue weighted by atomic mass is 10.2. The van der Waals surface area contributed by atoms with Gasteiger partial charge in [-0.2, -0.15) is 5.26 Å². The standard InChI is InChI=1S/C10H12N2OS/c1-8-5-9(7-11)6-10(12-8)14-4-2-3-13/h5-6,13H,2-4H2,1H3. The summed E-state index contributed by atoms with van der Waals surface area (Å²) in [6, 6.07) is 5.63. The number of aromatic nitrogens is 1. The predicted octanol–water partition coefficient (Wildman–Crippen LogP) is 1.74. The van der Waals surface area contributed by atoms with Crippen molar-refractivity contribution >= 4 is 11.8 Å². The summed E-state index contributed by atoms with van der Waals surface area (Å²) >= 11 is 1.57. The van der Waals surface area contributed by atoms with Gasteiger partial charge < -0.3 is 5.11 Å². The van der Waals surface area contributed by atoms with E-state index in [1.807, 2.05) is 6.92 Å². The zero-order valence-corrected chi connectivity index (χ0v) is 8.84. The van der Waals surface area contributed by atoms with Crippen LogP contribution in [0.15, 0.2) is 17.2 Å². The smallest absolute Gasteiger partial charge is 0.0993 e. The molecule has 1 aromatic rings. The average Bonchev–Trinajstić information content (AvgIpc) is 2.17. The fourth-order valence-electron chi connectivity index (χ4n) is 1.02. The number of aliphatic hydroxyl groups excluding tert-OH is 1. The molecule has 3 nitrogen and oxygen atoms in total. The number of aliphatic hydroxyl groups is 1. The minimum absolute atomic E-state index is 0.198. The minimum Gasteiger partial charge on any atom is -0.396 e. The van der Waals surface area contributed by atoms with E-state index in [9.17, 15) is 0 Å². The Hall–Kier alpha value is -1.05. The maximum absolute atomic E-state index is 8.73. The highest BCUT2D eigenvalue weighted by Gasteiger charge is 2.00. The van der Waals surface area contributed by atoms with Gasteiger partial charge in [0.1, 0.15) is 0 Å². The van der Waals surface area contributed by atoms with Gasteiger partial charge in [-0.05, 0) is 25.5 Å². The van der Waals surface area contributed by atoms with Crippen LogP contribution in [0.25, 0.3) is 0 Å². The summed E-state index contributed by atoms with van der Waals surface area (Å²) in [5.41, 5.74) is 1.50. The Morgan fingerprint density at radius 1 is 1.57 bits per heavy atom. The molecule has 0 aliphatic carbocycles. The second-order valence-electron chi connectivity index (χ2n) is 2.87. The summed E-state index contributed by atoms with van der Waals surface area (Å²) in [5.74, 6) is 0.831. The molecular formula is C10H12N2OS. The van der Waals surface area contributed by atoms with Crippen LogP contribution in [-0.4, -0.2) is 22.5 Å². The molecule has 14 heavy (non-hydrogen) atoms. The molecule has 0 aliphatic heterocycles. The third kappa shape index (κ3) is 3.36. The Morgan fingerprint density at radius 3 is 3.00 bits per heavy atom. The molecule has 4 heteroatoms. The Morgan fingerprint density at radius 2 is 2.36 bits per heavy atom. The van der Waals surface area contributed by atoms with Gasteiger partial charge in [-0.25, -0.2) is 4.98 Å². The van der Waals surface area contributed by atoms with Crippen molar-refractivity contribution < 1.29 is 5.11 Å². The van der Waals surface area contributed by atoms with Crippen molar-refractivity contribution in [3.8, 4) is 6.07 Å². The monoisotopic (exact) mass is 208 g/mol. The van der Waals surface area contributed by atoms with Gasteiger partial charge in [0, 0.05) is 18.1 Å². The molecule has 0 saturated carbocycles. The highest BCUT2D eigenvalue weighted by molar-refractivity contribution is 7.99. The Kier molecular flexibility index (Phi) is 4.44. The van der Waals surface area contributed by atoms with Crippen molar-refractivity contribution in [1.82, 2.24) is 4.98 Å². The van der Waals surface area contributed by atoms with E-state index in [2.05, 4.69) is 11.1 Å². The number of hydrogen-bond donors (Lipinski definition) is 1. The van der Waals surface area contributed by atoms with Crippen molar-refractivity contribution in [2.75, 3.05) is 12.4 Å². The molecule has 74 valence electrons. The maximum Gasteiger partial charge on any atom is 0.0993 e. The molecule has 0 radical (unpaired) electrons. The van der Waals surface area contributed by atoms with Crippen molar-refractivity contribution in [3.05, 3.63) is 23.4 Å². The van der Waals surface area contributed by atoms with E-state index in [0.29, 0.717) is 5.56 Å². The number of nitrogens with zero attached hydrogens (tertiary/aromatic N) is 2. The second-order valence-corrected chi connectivity index (χ2v) is 3.99. The van der Waals surface area contributed by atoms with Crippen molar-refractivity contribution in [2.24, 2.45) is 0 Å².